The van der Waals surface area contributed by atoms with Gasteiger partial charge in [-0.25, -0.2) is 0 Å². The van der Waals surface area contributed by atoms with Crippen molar-refractivity contribution in [3.8, 4) is 17.2 Å². The zero-order valence-electron chi connectivity index (χ0n) is 18.8. The van der Waals surface area contributed by atoms with Crippen molar-refractivity contribution in [1.29, 1.82) is 0 Å². The van der Waals surface area contributed by atoms with Gasteiger partial charge in [0.1, 0.15) is 23.8 Å². The van der Waals surface area contributed by atoms with Gasteiger partial charge in [0.25, 0.3) is 11.1 Å². The Labute approximate surface area is 196 Å². The molecule has 0 spiro atoms. The van der Waals surface area contributed by atoms with Crippen LogP contribution >= 0.6 is 11.8 Å². The highest BCUT2D eigenvalue weighted by Crippen LogP contribution is 2.35. The molecule has 1 fully saturated rings. The number of ether oxygens (including phenoxy) is 3. The monoisotopic (exact) mass is 470 g/mol. The van der Waals surface area contributed by atoms with Crippen molar-refractivity contribution in [2.75, 3.05) is 31.7 Å². The van der Waals surface area contributed by atoms with E-state index in [0.717, 1.165) is 16.7 Å². The first-order valence-corrected chi connectivity index (χ1v) is 11.4. The van der Waals surface area contributed by atoms with Crippen LogP contribution in [0.1, 0.15) is 26.3 Å². The Morgan fingerprint density at radius 2 is 1.58 bits per heavy atom. The Morgan fingerprint density at radius 3 is 2.24 bits per heavy atom. The zero-order valence-corrected chi connectivity index (χ0v) is 19.6. The molecule has 0 aromatic heterocycles. The van der Waals surface area contributed by atoms with Gasteiger partial charge in [-0.15, -0.1) is 0 Å². The van der Waals surface area contributed by atoms with Crippen LogP contribution in [0.4, 0.5) is 10.5 Å². The van der Waals surface area contributed by atoms with Crippen molar-refractivity contribution in [1.82, 2.24) is 4.90 Å². The Hall–Kier alpha value is -3.46. The van der Waals surface area contributed by atoms with Gasteiger partial charge in [-0.05, 0) is 75.0 Å². The standard InChI is InChI=1S/C24H26N2O6S/c1-4-30-18-11-8-17(9-12-18)25-22(27)15-26-23(28)21(33-24(26)29)13-16-7-10-19(31-5-2)14-20(16)32-6-3/h7-14H,4-6,15H2,1-3H3,(H,25,27)/b21-13+. The first-order chi connectivity index (χ1) is 15.9. The van der Waals surface area contributed by atoms with Crippen molar-refractivity contribution in [3.05, 3.63) is 52.9 Å². The maximum atomic E-state index is 12.8. The highest BCUT2D eigenvalue weighted by molar-refractivity contribution is 8.18. The van der Waals surface area contributed by atoms with E-state index in [0.29, 0.717) is 48.3 Å². The van der Waals surface area contributed by atoms with Crippen LogP contribution in [0.25, 0.3) is 6.08 Å². The maximum absolute atomic E-state index is 12.8. The summed E-state index contributed by atoms with van der Waals surface area (Å²) >= 11 is 0.789. The van der Waals surface area contributed by atoms with Gasteiger partial charge in [-0.2, -0.15) is 0 Å². The minimum atomic E-state index is -0.525. The number of anilines is 1. The van der Waals surface area contributed by atoms with Crippen LogP contribution in [-0.4, -0.2) is 48.3 Å². The van der Waals surface area contributed by atoms with Crippen LogP contribution in [0.3, 0.4) is 0 Å². The second-order valence-electron chi connectivity index (χ2n) is 6.84. The van der Waals surface area contributed by atoms with Crippen LogP contribution in [-0.2, 0) is 9.59 Å². The second kappa shape index (κ2) is 11.4. The number of nitrogens with one attached hydrogen (secondary N) is 1. The van der Waals surface area contributed by atoms with Gasteiger partial charge in [0.15, 0.2) is 0 Å². The third-order valence-electron chi connectivity index (χ3n) is 4.51. The molecule has 0 saturated carbocycles. The molecule has 3 amide bonds. The van der Waals surface area contributed by atoms with Crippen LogP contribution in [0.2, 0.25) is 0 Å². The Morgan fingerprint density at radius 1 is 0.939 bits per heavy atom. The normalized spacial score (nSPS) is 14.5. The smallest absolute Gasteiger partial charge is 0.294 e. The van der Waals surface area contributed by atoms with Gasteiger partial charge < -0.3 is 19.5 Å². The molecule has 174 valence electrons. The third kappa shape index (κ3) is 6.29. The lowest BCUT2D eigenvalue weighted by Crippen LogP contribution is -2.36. The lowest BCUT2D eigenvalue weighted by atomic mass is 10.1. The van der Waals surface area contributed by atoms with E-state index in [1.165, 1.54) is 0 Å². The van der Waals surface area contributed by atoms with Crippen molar-refractivity contribution in [3.63, 3.8) is 0 Å². The lowest BCUT2D eigenvalue weighted by molar-refractivity contribution is -0.127. The molecule has 9 heteroatoms. The fourth-order valence-electron chi connectivity index (χ4n) is 3.09. The number of benzene rings is 2. The van der Waals surface area contributed by atoms with E-state index in [1.807, 2.05) is 20.8 Å². The summed E-state index contributed by atoms with van der Waals surface area (Å²) in [5.41, 5.74) is 1.19. The first-order valence-electron chi connectivity index (χ1n) is 10.6. The third-order valence-corrected chi connectivity index (χ3v) is 5.41. The molecule has 1 N–H and O–H groups in total. The van der Waals surface area contributed by atoms with Gasteiger partial charge >= 0.3 is 0 Å². The molecule has 1 saturated heterocycles. The number of carbonyl (C=O) groups excluding carboxylic acids is 3. The highest BCUT2D eigenvalue weighted by atomic mass is 32.2. The highest BCUT2D eigenvalue weighted by Gasteiger charge is 2.36. The topological polar surface area (TPSA) is 94.2 Å². The summed E-state index contributed by atoms with van der Waals surface area (Å²) in [5.74, 6) is 0.884. The number of imide groups is 1. The number of hydrogen-bond acceptors (Lipinski definition) is 7. The first kappa shape index (κ1) is 24.2. The summed E-state index contributed by atoms with van der Waals surface area (Å²) in [5, 5.41) is 2.18. The molecule has 0 unspecified atom stereocenters. The molecule has 0 atom stereocenters. The largest absolute Gasteiger partial charge is 0.494 e. The average Bonchev–Trinajstić information content (AvgIpc) is 3.05. The predicted molar refractivity (Wildman–Crippen MR) is 128 cm³/mol. The fraction of sp³-hybridized carbons (Fsp3) is 0.292. The van der Waals surface area contributed by atoms with Gasteiger partial charge in [-0.3, -0.25) is 19.3 Å². The van der Waals surface area contributed by atoms with Crippen LogP contribution in [0, 0.1) is 0 Å². The number of carbonyl (C=O) groups is 3. The molecule has 1 aliphatic rings. The molecular formula is C24H26N2O6S. The van der Waals surface area contributed by atoms with E-state index in [1.54, 1.807) is 48.5 Å². The SMILES string of the molecule is CCOc1ccc(NC(=O)CN2C(=O)S/C(=C/c3ccc(OCC)cc3OCC)C2=O)cc1. The zero-order chi connectivity index (χ0) is 23.8. The number of nitrogens with zero attached hydrogens (tertiary/aromatic N) is 1. The molecule has 3 rings (SSSR count). The van der Waals surface area contributed by atoms with Crippen LogP contribution in [0.15, 0.2) is 47.4 Å². The van der Waals surface area contributed by atoms with Gasteiger partial charge in [-0.1, -0.05) is 0 Å². The van der Waals surface area contributed by atoms with Crippen LogP contribution in [0.5, 0.6) is 17.2 Å². The lowest BCUT2D eigenvalue weighted by Gasteiger charge is -2.13. The summed E-state index contributed by atoms with van der Waals surface area (Å²) in [6, 6.07) is 12.1. The average molecular weight is 471 g/mol. The summed E-state index contributed by atoms with van der Waals surface area (Å²) in [6.45, 7) is 6.74. The number of hydrogen-bond donors (Lipinski definition) is 1. The summed E-state index contributed by atoms with van der Waals surface area (Å²) in [7, 11) is 0. The number of rotatable bonds is 10. The van der Waals surface area contributed by atoms with Crippen LogP contribution < -0.4 is 19.5 Å². The van der Waals surface area contributed by atoms with E-state index in [9.17, 15) is 14.4 Å². The minimum Gasteiger partial charge on any atom is -0.494 e. The summed E-state index contributed by atoms with van der Waals surface area (Å²) in [4.78, 5) is 38.8. The summed E-state index contributed by atoms with van der Waals surface area (Å²) < 4.78 is 16.5. The molecule has 0 bridgehead atoms. The molecule has 33 heavy (non-hydrogen) atoms. The van der Waals surface area contributed by atoms with E-state index in [2.05, 4.69) is 5.32 Å². The molecule has 2 aromatic carbocycles. The van der Waals surface area contributed by atoms with E-state index in [-0.39, 0.29) is 11.4 Å². The Kier molecular flexibility index (Phi) is 8.37. The van der Waals surface area contributed by atoms with Crippen molar-refractivity contribution >= 4 is 40.6 Å². The van der Waals surface area contributed by atoms with Gasteiger partial charge in [0, 0.05) is 17.3 Å². The quantitative estimate of drug-likeness (QED) is 0.509. The molecular weight excluding hydrogens is 444 g/mol. The van der Waals surface area contributed by atoms with Crippen molar-refractivity contribution < 1.29 is 28.6 Å². The molecule has 2 aromatic rings. The fourth-order valence-corrected chi connectivity index (χ4v) is 3.92. The molecule has 0 radical (unpaired) electrons. The molecule has 1 heterocycles. The van der Waals surface area contributed by atoms with Gasteiger partial charge in [0.05, 0.1) is 24.7 Å². The predicted octanol–water partition coefficient (Wildman–Crippen LogP) is 4.56. The van der Waals surface area contributed by atoms with E-state index < -0.39 is 17.1 Å². The van der Waals surface area contributed by atoms with Crippen molar-refractivity contribution in [2.45, 2.75) is 20.8 Å². The Bertz CT molecular complexity index is 1050. The molecule has 0 aliphatic carbocycles. The molecule has 8 nitrogen and oxygen atoms in total. The van der Waals surface area contributed by atoms with Crippen molar-refractivity contribution in [2.24, 2.45) is 0 Å². The maximum Gasteiger partial charge on any atom is 0.294 e. The number of thioether (sulfide) groups is 1. The van der Waals surface area contributed by atoms with E-state index in [4.69, 9.17) is 14.2 Å². The van der Waals surface area contributed by atoms with E-state index >= 15 is 0 Å². The molecule has 1 aliphatic heterocycles. The summed E-state index contributed by atoms with van der Waals surface area (Å²) in [6.07, 6.45) is 1.59. The second-order valence-corrected chi connectivity index (χ2v) is 7.83. The Balaban J connectivity index is 1.70. The minimum absolute atomic E-state index is 0.221. The van der Waals surface area contributed by atoms with Gasteiger partial charge in [0.2, 0.25) is 5.91 Å². The number of amides is 3.